The second-order valence-corrected chi connectivity index (χ2v) is 4.15. The van der Waals surface area contributed by atoms with Gasteiger partial charge in [-0.15, -0.1) is 10.2 Å². The predicted molar refractivity (Wildman–Crippen MR) is 60.5 cm³/mol. The van der Waals surface area contributed by atoms with Crippen molar-refractivity contribution in [2.24, 2.45) is 0 Å². The summed E-state index contributed by atoms with van der Waals surface area (Å²) in [6, 6.07) is 3.53. The van der Waals surface area contributed by atoms with Gasteiger partial charge in [0, 0.05) is 23.7 Å². The van der Waals surface area contributed by atoms with E-state index in [9.17, 15) is 4.79 Å². The maximum atomic E-state index is 10.3. The Kier molecular flexibility index (Phi) is 3.71. The molecule has 0 spiro atoms. The van der Waals surface area contributed by atoms with Gasteiger partial charge >= 0.3 is 5.97 Å². The van der Waals surface area contributed by atoms with E-state index in [-0.39, 0.29) is 6.42 Å². The molecule has 0 radical (unpaired) electrons. The van der Waals surface area contributed by atoms with E-state index in [1.54, 1.807) is 24.5 Å². The van der Waals surface area contributed by atoms with Crippen LogP contribution in [0.15, 0.2) is 34.2 Å². The fourth-order valence-corrected chi connectivity index (χ4v) is 1.79. The highest BCUT2D eigenvalue weighted by atomic mass is 32.2. The lowest BCUT2D eigenvalue weighted by Gasteiger charge is -1.92. The Morgan fingerprint density at radius 2 is 2.12 bits per heavy atom. The van der Waals surface area contributed by atoms with Crippen LogP contribution in [0.25, 0.3) is 11.5 Å². The van der Waals surface area contributed by atoms with Crippen LogP contribution in [-0.4, -0.2) is 32.0 Å². The van der Waals surface area contributed by atoms with E-state index in [1.807, 2.05) is 0 Å². The number of hydrogen-bond acceptors (Lipinski definition) is 6. The van der Waals surface area contributed by atoms with Crippen molar-refractivity contribution in [2.45, 2.75) is 11.6 Å². The van der Waals surface area contributed by atoms with E-state index < -0.39 is 5.97 Å². The van der Waals surface area contributed by atoms with E-state index in [0.717, 1.165) is 5.56 Å². The van der Waals surface area contributed by atoms with Gasteiger partial charge in [-0.05, 0) is 12.1 Å². The summed E-state index contributed by atoms with van der Waals surface area (Å²) in [5, 5.41) is 16.6. The van der Waals surface area contributed by atoms with Crippen molar-refractivity contribution in [3.05, 3.63) is 24.5 Å². The summed E-state index contributed by atoms with van der Waals surface area (Å²) < 4.78 is 5.37. The maximum absolute atomic E-state index is 10.3. The molecular weight excluding hydrogens is 242 g/mol. The first-order valence-electron chi connectivity index (χ1n) is 4.84. The van der Waals surface area contributed by atoms with E-state index in [2.05, 4.69) is 15.2 Å². The van der Waals surface area contributed by atoms with Gasteiger partial charge in [0.2, 0.25) is 5.89 Å². The van der Waals surface area contributed by atoms with Crippen LogP contribution >= 0.6 is 11.8 Å². The van der Waals surface area contributed by atoms with Gasteiger partial charge in [-0.25, -0.2) is 0 Å². The zero-order chi connectivity index (χ0) is 12.1. The molecule has 0 aliphatic heterocycles. The topological polar surface area (TPSA) is 89.1 Å². The minimum atomic E-state index is -0.841. The molecule has 0 saturated carbocycles. The van der Waals surface area contributed by atoms with Crippen LogP contribution in [0.2, 0.25) is 0 Å². The Labute approximate surface area is 101 Å². The zero-order valence-corrected chi connectivity index (χ0v) is 9.55. The predicted octanol–water partition coefficient (Wildman–Crippen LogP) is 1.70. The Morgan fingerprint density at radius 3 is 2.82 bits per heavy atom. The van der Waals surface area contributed by atoms with Crippen molar-refractivity contribution in [3.63, 3.8) is 0 Å². The summed E-state index contributed by atoms with van der Waals surface area (Å²) >= 11 is 1.23. The number of thioether (sulfide) groups is 1. The van der Waals surface area contributed by atoms with Gasteiger partial charge in [-0.3, -0.25) is 9.78 Å². The largest absolute Gasteiger partial charge is 0.481 e. The number of nitrogens with zero attached hydrogens (tertiary/aromatic N) is 3. The van der Waals surface area contributed by atoms with E-state index >= 15 is 0 Å². The highest BCUT2D eigenvalue weighted by molar-refractivity contribution is 7.99. The molecule has 7 heteroatoms. The number of carbonyl (C=O) groups is 1. The summed E-state index contributed by atoms with van der Waals surface area (Å²) in [5.41, 5.74) is 0.789. The number of rotatable bonds is 5. The van der Waals surface area contributed by atoms with Gasteiger partial charge in [0.05, 0.1) is 6.42 Å². The Bertz CT molecular complexity index is 501. The summed E-state index contributed by atoms with van der Waals surface area (Å²) in [4.78, 5) is 14.2. The standard InChI is InChI=1S/C10H9N3O3S/c14-8(15)3-6-17-10-13-12-9(16-10)7-1-4-11-5-2-7/h1-2,4-5H,3,6H2,(H,14,15). The van der Waals surface area contributed by atoms with Crippen LogP contribution < -0.4 is 0 Å². The van der Waals surface area contributed by atoms with E-state index in [1.165, 1.54) is 11.8 Å². The van der Waals surface area contributed by atoms with Gasteiger partial charge < -0.3 is 9.52 Å². The molecule has 0 bridgehead atoms. The van der Waals surface area contributed by atoms with Crippen molar-refractivity contribution < 1.29 is 14.3 Å². The molecule has 17 heavy (non-hydrogen) atoms. The molecule has 0 fully saturated rings. The van der Waals surface area contributed by atoms with Crippen molar-refractivity contribution in [2.75, 3.05) is 5.75 Å². The third kappa shape index (κ3) is 3.28. The second kappa shape index (κ2) is 5.44. The van der Waals surface area contributed by atoms with Crippen LogP contribution in [0.1, 0.15) is 6.42 Å². The molecule has 0 aliphatic rings. The van der Waals surface area contributed by atoms with Crippen LogP contribution in [-0.2, 0) is 4.79 Å². The third-order valence-corrected chi connectivity index (χ3v) is 2.70. The number of carboxylic acids is 1. The smallest absolute Gasteiger partial charge is 0.304 e. The molecule has 2 aromatic rings. The third-order valence-electron chi connectivity index (χ3n) is 1.88. The summed E-state index contributed by atoms with van der Waals surface area (Å²) in [7, 11) is 0. The molecule has 0 amide bonds. The van der Waals surface area contributed by atoms with Crippen molar-refractivity contribution in [1.29, 1.82) is 0 Å². The normalized spacial score (nSPS) is 10.4. The van der Waals surface area contributed by atoms with Gasteiger partial charge in [0.25, 0.3) is 5.22 Å². The van der Waals surface area contributed by atoms with E-state index in [0.29, 0.717) is 16.9 Å². The van der Waals surface area contributed by atoms with Gasteiger partial charge in [0.1, 0.15) is 0 Å². The van der Waals surface area contributed by atoms with Crippen molar-refractivity contribution >= 4 is 17.7 Å². The number of pyridine rings is 1. The molecule has 0 saturated heterocycles. The van der Waals surface area contributed by atoms with E-state index in [4.69, 9.17) is 9.52 Å². The fourth-order valence-electron chi connectivity index (χ4n) is 1.10. The minimum Gasteiger partial charge on any atom is -0.481 e. The summed E-state index contributed by atoms with van der Waals surface area (Å²) in [6.45, 7) is 0. The average Bonchev–Trinajstić information content (AvgIpc) is 2.78. The first-order chi connectivity index (χ1) is 8.25. The first kappa shape index (κ1) is 11.6. The van der Waals surface area contributed by atoms with Crippen LogP contribution in [0.3, 0.4) is 0 Å². The number of aliphatic carboxylic acids is 1. The molecule has 2 heterocycles. The molecule has 0 aromatic carbocycles. The highest BCUT2D eigenvalue weighted by Crippen LogP contribution is 2.22. The van der Waals surface area contributed by atoms with Gasteiger partial charge in [0.15, 0.2) is 0 Å². The molecular formula is C10H9N3O3S. The lowest BCUT2D eigenvalue weighted by Crippen LogP contribution is -1.95. The zero-order valence-electron chi connectivity index (χ0n) is 8.74. The Balaban J connectivity index is 1.99. The maximum Gasteiger partial charge on any atom is 0.304 e. The molecule has 0 aliphatic carbocycles. The van der Waals surface area contributed by atoms with Gasteiger partial charge in [-0.1, -0.05) is 11.8 Å². The van der Waals surface area contributed by atoms with Crippen molar-refractivity contribution in [3.8, 4) is 11.5 Å². The highest BCUT2D eigenvalue weighted by Gasteiger charge is 2.09. The van der Waals surface area contributed by atoms with Gasteiger partial charge in [-0.2, -0.15) is 0 Å². The molecule has 2 rings (SSSR count). The van der Waals surface area contributed by atoms with Crippen LogP contribution in [0, 0.1) is 0 Å². The van der Waals surface area contributed by atoms with Crippen LogP contribution in [0.5, 0.6) is 0 Å². The molecule has 0 atom stereocenters. The number of hydrogen-bond donors (Lipinski definition) is 1. The number of aromatic nitrogens is 3. The Hall–Kier alpha value is -1.89. The molecule has 88 valence electrons. The Morgan fingerprint density at radius 1 is 1.35 bits per heavy atom. The second-order valence-electron chi connectivity index (χ2n) is 3.10. The summed E-state index contributed by atoms with van der Waals surface area (Å²) in [6.07, 6.45) is 3.34. The molecule has 6 nitrogen and oxygen atoms in total. The van der Waals surface area contributed by atoms with Crippen LogP contribution in [0.4, 0.5) is 0 Å². The lowest BCUT2D eigenvalue weighted by atomic mass is 10.3. The van der Waals surface area contributed by atoms with Crippen molar-refractivity contribution in [1.82, 2.24) is 15.2 Å². The quantitative estimate of drug-likeness (QED) is 0.809. The monoisotopic (exact) mass is 251 g/mol. The lowest BCUT2D eigenvalue weighted by molar-refractivity contribution is -0.136. The fraction of sp³-hybridized carbons (Fsp3) is 0.200. The average molecular weight is 251 g/mol. The summed E-state index contributed by atoms with van der Waals surface area (Å²) in [5.74, 6) is -0.0237. The minimum absolute atomic E-state index is 0.0671. The first-order valence-corrected chi connectivity index (χ1v) is 5.83. The SMILES string of the molecule is O=C(O)CCSc1nnc(-c2ccncc2)o1. The molecule has 0 unspecified atom stereocenters. The molecule has 2 aromatic heterocycles. The molecule has 1 N–H and O–H groups in total. The number of carboxylic acid groups (broad SMARTS) is 1.